The summed E-state index contributed by atoms with van der Waals surface area (Å²) in [5.74, 6) is -0.167. The Morgan fingerprint density at radius 2 is 1.64 bits per heavy atom. The molecule has 0 aliphatic rings. The number of ether oxygens (including phenoxy) is 2. The van der Waals surface area contributed by atoms with Crippen LogP contribution in [0.3, 0.4) is 0 Å². The van der Waals surface area contributed by atoms with Crippen molar-refractivity contribution >= 4 is 23.9 Å². The Balaban J connectivity index is 0.000000458. The Morgan fingerprint density at radius 1 is 1.11 bits per heavy atom. The molecule has 0 aliphatic carbocycles. The topological polar surface area (TPSA) is 117 Å². The first-order chi connectivity index (χ1) is 13.4. The summed E-state index contributed by atoms with van der Waals surface area (Å²) in [6, 6.07) is 15.6. The minimum absolute atomic E-state index is 0.199. The van der Waals surface area contributed by atoms with Gasteiger partial charge in [0.05, 0.1) is 5.56 Å². The van der Waals surface area contributed by atoms with Gasteiger partial charge in [0.25, 0.3) is 0 Å². The van der Waals surface area contributed by atoms with E-state index in [-0.39, 0.29) is 11.8 Å². The molecule has 1 unspecified atom stereocenters. The van der Waals surface area contributed by atoms with Gasteiger partial charge in [-0.2, -0.15) is 4.99 Å². The van der Waals surface area contributed by atoms with E-state index >= 15 is 0 Å². The number of esters is 1. The van der Waals surface area contributed by atoms with Gasteiger partial charge in [-0.25, -0.2) is 4.79 Å². The number of nitrogens with two attached hydrogens (primary N) is 2. The molecule has 0 fully saturated rings. The van der Waals surface area contributed by atoms with E-state index in [1.165, 1.54) is 7.11 Å². The number of carbonyl (C=O) groups is 2. The molecule has 150 valence electrons. The molecule has 4 N–H and O–H groups in total. The molecule has 0 aliphatic heterocycles. The fourth-order valence-electron chi connectivity index (χ4n) is 1.63. The second-order valence-electron chi connectivity index (χ2n) is 5.22. The Morgan fingerprint density at radius 3 is 2.11 bits per heavy atom. The number of allylic oxidation sites excluding steroid dienone is 1. The summed E-state index contributed by atoms with van der Waals surface area (Å²) >= 11 is 0. The molecule has 0 saturated carbocycles. The van der Waals surface area contributed by atoms with Crippen molar-refractivity contribution in [2.75, 3.05) is 12.8 Å². The molecule has 0 heterocycles. The first-order valence-electron chi connectivity index (χ1n) is 8.38. The Labute approximate surface area is 165 Å². The molecule has 0 radical (unpaired) electrons. The van der Waals surface area contributed by atoms with Crippen LogP contribution in [0.25, 0.3) is 0 Å². The summed E-state index contributed by atoms with van der Waals surface area (Å²) < 4.78 is 9.72. The molecule has 0 spiro atoms. The number of amidine groups is 1. The molecule has 0 saturated heterocycles. The third-order valence-electron chi connectivity index (χ3n) is 3.01. The Bertz CT molecular complexity index is 744. The summed E-state index contributed by atoms with van der Waals surface area (Å²) in [5, 5.41) is 0. The van der Waals surface area contributed by atoms with E-state index < -0.39 is 6.29 Å². The van der Waals surface area contributed by atoms with Crippen LogP contribution in [-0.4, -0.2) is 31.6 Å². The van der Waals surface area contributed by atoms with Crippen LogP contribution in [0, 0.1) is 0 Å². The Hall–Kier alpha value is -3.45. The average Bonchev–Trinajstić information content (AvgIpc) is 2.70. The summed E-state index contributed by atoms with van der Waals surface area (Å²) in [6.45, 7) is 6.92. The van der Waals surface area contributed by atoms with Crippen molar-refractivity contribution in [1.82, 2.24) is 0 Å². The minimum Gasteiger partial charge on any atom is -0.432 e. The largest absolute Gasteiger partial charge is 0.432 e. The molecule has 1 atom stereocenters. The first kappa shape index (κ1) is 24.6. The maximum absolute atomic E-state index is 11.3. The molecule has 0 aromatic heterocycles. The summed E-state index contributed by atoms with van der Waals surface area (Å²) in [5.41, 5.74) is 12.8. The molecular formula is C21H27N3O4. The van der Waals surface area contributed by atoms with Gasteiger partial charge in [-0.3, -0.25) is 4.79 Å². The van der Waals surface area contributed by atoms with Crippen molar-refractivity contribution < 1.29 is 19.1 Å². The summed E-state index contributed by atoms with van der Waals surface area (Å²) in [7, 11) is 1.49. The summed E-state index contributed by atoms with van der Waals surface area (Å²) in [4.78, 5) is 24.7. The van der Waals surface area contributed by atoms with Gasteiger partial charge in [0.2, 0.25) is 6.41 Å². The van der Waals surface area contributed by atoms with Crippen LogP contribution < -0.4 is 11.5 Å². The van der Waals surface area contributed by atoms with Crippen LogP contribution in [0.2, 0.25) is 0 Å². The van der Waals surface area contributed by atoms with E-state index in [0.29, 0.717) is 23.2 Å². The zero-order chi connectivity index (χ0) is 21.4. The number of amides is 1. The van der Waals surface area contributed by atoms with Gasteiger partial charge in [-0.15, -0.1) is 6.58 Å². The van der Waals surface area contributed by atoms with Crippen LogP contribution in [0.4, 0.5) is 5.69 Å². The van der Waals surface area contributed by atoms with E-state index in [0.717, 1.165) is 0 Å². The van der Waals surface area contributed by atoms with Crippen LogP contribution in [0.15, 0.2) is 72.2 Å². The Kier molecular flexibility index (Phi) is 12.9. The molecular weight excluding hydrogens is 358 g/mol. The molecule has 1 amide bonds. The third kappa shape index (κ3) is 10.5. The number of aliphatic imine (C=N–C) groups is 1. The van der Waals surface area contributed by atoms with Crippen molar-refractivity contribution in [2.45, 2.75) is 20.1 Å². The second kappa shape index (κ2) is 14.7. The standard InChI is InChI=1S/C10H12O3.C8H9N3O.C3H6/c1-8(12-2)13-10(11)9-6-4-3-5-7-9;9-7-3-1-6(2-4-7)8(10)11-5-12;1-3-2/h3-8H,1-2H3;1-5H,9H2,(H2,10,11,12);3H,1H2,2H3. The van der Waals surface area contributed by atoms with Crippen LogP contribution >= 0.6 is 0 Å². The van der Waals surface area contributed by atoms with Crippen molar-refractivity contribution in [3.05, 3.63) is 78.4 Å². The number of nitrogen functional groups attached to an aromatic ring is 1. The lowest BCUT2D eigenvalue weighted by molar-refractivity contribution is -0.106. The average molecular weight is 385 g/mol. The predicted molar refractivity (Wildman–Crippen MR) is 112 cm³/mol. The smallest absolute Gasteiger partial charge is 0.340 e. The fourth-order valence-corrected chi connectivity index (χ4v) is 1.63. The zero-order valence-corrected chi connectivity index (χ0v) is 16.4. The lowest BCUT2D eigenvalue weighted by Gasteiger charge is -2.10. The van der Waals surface area contributed by atoms with Crippen molar-refractivity contribution in [3.63, 3.8) is 0 Å². The number of methoxy groups -OCH3 is 1. The van der Waals surface area contributed by atoms with Gasteiger partial charge in [0.15, 0.2) is 6.29 Å². The highest BCUT2D eigenvalue weighted by Crippen LogP contribution is 2.04. The predicted octanol–water partition coefficient (Wildman–Crippen LogP) is 3.16. The quantitative estimate of drug-likeness (QED) is 0.155. The fraction of sp³-hybridized carbons (Fsp3) is 0.190. The van der Waals surface area contributed by atoms with Gasteiger partial charge in [-0.05, 0) is 50.2 Å². The first-order valence-corrected chi connectivity index (χ1v) is 8.38. The van der Waals surface area contributed by atoms with E-state index in [1.54, 1.807) is 61.5 Å². The van der Waals surface area contributed by atoms with Crippen molar-refractivity contribution in [1.29, 1.82) is 0 Å². The normalized spacial score (nSPS) is 10.9. The molecule has 2 aromatic rings. The maximum atomic E-state index is 11.3. The monoisotopic (exact) mass is 385 g/mol. The zero-order valence-electron chi connectivity index (χ0n) is 16.4. The van der Waals surface area contributed by atoms with Gasteiger partial charge >= 0.3 is 5.97 Å². The van der Waals surface area contributed by atoms with E-state index in [1.807, 2.05) is 13.0 Å². The molecule has 2 aromatic carbocycles. The van der Waals surface area contributed by atoms with Gasteiger partial charge in [0, 0.05) is 18.4 Å². The number of rotatable bonds is 5. The maximum Gasteiger partial charge on any atom is 0.340 e. The van der Waals surface area contributed by atoms with Crippen LogP contribution in [-0.2, 0) is 14.3 Å². The number of hydrogen-bond acceptors (Lipinski definition) is 5. The minimum atomic E-state index is -0.507. The number of carbonyl (C=O) groups excluding carboxylic acids is 2. The van der Waals surface area contributed by atoms with E-state index in [2.05, 4.69) is 11.6 Å². The molecule has 28 heavy (non-hydrogen) atoms. The second-order valence-corrected chi connectivity index (χ2v) is 5.22. The highest BCUT2D eigenvalue weighted by Gasteiger charge is 2.09. The van der Waals surface area contributed by atoms with Gasteiger partial charge in [-0.1, -0.05) is 24.3 Å². The highest BCUT2D eigenvalue weighted by atomic mass is 16.7. The van der Waals surface area contributed by atoms with Crippen LogP contribution in [0.1, 0.15) is 29.8 Å². The van der Waals surface area contributed by atoms with Crippen molar-refractivity contribution in [2.24, 2.45) is 10.7 Å². The van der Waals surface area contributed by atoms with Gasteiger partial charge in [0.1, 0.15) is 5.84 Å². The SMILES string of the molecule is C=CC.COC(C)OC(=O)c1ccccc1.NC(=NC=O)c1ccc(N)cc1. The van der Waals surface area contributed by atoms with E-state index in [9.17, 15) is 9.59 Å². The van der Waals surface area contributed by atoms with Gasteiger partial charge < -0.3 is 20.9 Å². The number of anilines is 1. The molecule has 7 nitrogen and oxygen atoms in total. The number of benzene rings is 2. The lowest BCUT2D eigenvalue weighted by atomic mass is 10.2. The highest BCUT2D eigenvalue weighted by molar-refractivity contribution is 6.00. The summed E-state index contributed by atoms with van der Waals surface area (Å²) in [6.07, 6.45) is 1.65. The van der Waals surface area contributed by atoms with Crippen molar-refractivity contribution in [3.8, 4) is 0 Å². The molecule has 7 heteroatoms. The third-order valence-corrected chi connectivity index (χ3v) is 3.01. The molecule has 0 bridgehead atoms. The number of nitrogens with zero attached hydrogens (tertiary/aromatic N) is 1. The van der Waals surface area contributed by atoms with E-state index in [4.69, 9.17) is 20.9 Å². The lowest BCUT2D eigenvalue weighted by Crippen LogP contribution is -2.16. The van der Waals surface area contributed by atoms with Crippen LogP contribution in [0.5, 0.6) is 0 Å². The molecule has 2 rings (SSSR count). The number of hydrogen-bond donors (Lipinski definition) is 2.